The second kappa shape index (κ2) is 28.1. The van der Waals surface area contributed by atoms with Crippen LogP contribution in [0.5, 0.6) is 11.5 Å². The van der Waals surface area contributed by atoms with Gasteiger partial charge in [0.25, 0.3) is 0 Å². The Morgan fingerprint density at radius 3 is 1.55 bits per heavy atom. The number of benzene rings is 4. The van der Waals surface area contributed by atoms with Gasteiger partial charge in [0.15, 0.2) is 0 Å². The number of carbonyl (C=O) groups is 4. The van der Waals surface area contributed by atoms with Crippen LogP contribution in [0.2, 0.25) is 0 Å². The Labute approximate surface area is 451 Å². The number of aromatic amines is 2. The van der Waals surface area contributed by atoms with Crippen LogP contribution in [0.1, 0.15) is 98.0 Å². The molecule has 2 aromatic heterocycles. The number of rotatable bonds is 27. The minimum atomic E-state index is -0.739. The molecule has 2 saturated heterocycles. The Morgan fingerprint density at radius 2 is 1.09 bits per heavy atom. The molecule has 2 atom stereocenters. The molecular formula is C60H75FN8O8. The zero-order valence-electron chi connectivity index (χ0n) is 45.2. The molecule has 2 aliphatic rings. The molecular weight excluding hydrogens is 980 g/mol. The summed E-state index contributed by atoms with van der Waals surface area (Å²) >= 11 is 0. The first kappa shape index (κ1) is 57.3. The van der Waals surface area contributed by atoms with Crippen molar-refractivity contribution < 1.29 is 42.5 Å². The number of likely N-dealkylation sites (tertiary alicyclic amines) is 2. The molecule has 0 saturated carbocycles. The summed E-state index contributed by atoms with van der Waals surface area (Å²) in [5.74, 6) is 0.481. The fourth-order valence-corrected chi connectivity index (χ4v) is 9.73. The van der Waals surface area contributed by atoms with Crippen LogP contribution >= 0.6 is 0 Å². The zero-order valence-corrected chi connectivity index (χ0v) is 45.2. The van der Waals surface area contributed by atoms with Gasteiger partial charge in [-0.3, -0.25) is 19.2 Å². The number of ether oxygens (including phenoxy) is 4. The number of nitrogens with zero attached hydrogens (tertiary/aromatic N) is 4. The fourth-order valence-electron chi connectivity index (χ4n) is 9.73. The van der Waals surface area contributed by atoms with Crippen molar-refractivity contribution in [3.63, 3.8) is 0 Å². The molecule has 0 radical (unpaired) electrons. The molecule has 2 aliphatic heterocycles. The van der Waals surface area contributed by atoms with Gasteiger partial charge in [-0.25, -0.2) is 14.4 Å². The Hall–Kier alpha value is -7.37. The third-order valence-corrected chi connectivity index (χ3v) is 14.2. The molecule has 16 nitrogen and oxygen atoms in total. The molecule has 8 rings (SSSR count). The lowest BCUT2D eigenvalue weighted by Crippen LogP contribution is -2.66. The lowest BCUT2D eigenvalue weighted by atomic mass is 9.82. The number of H-pyrrole nitrogens is 2. The molecule has 77 heavy (non-hydrogen) atoms. The van der Waals surface area contributed by atoms with Crippen molar-refractivity contribution in [1.82, 2.24) is 40.4 Å². The first-order valence-electron chi connectivity index (χ1n) is 26.8. The average Bonchev–Trinajstić information content (AvgIpc) is 4.19. The van der Waals surface area contributed by atoms with Crippen molar-refractivity contribution in [2.45, 2.75) is 115 Å². The quantitative estimate of drug-likeness (QED) is 0.0367. The molecule has 4 N–H and O–H groups in total. The van der Waals surface area contributed by atoms with Gasteiger partial charge in [0.1, 0.15) is 40.6 Å². The van der Waals surface area contributed by atoms with Crippen molar-refractivity contribution in [2.75, 3.05) is 53.6 Å². The van der Waals surface area contributed by atoms with E-state index in [9.17, 15) is 23.6 Å². The first-order valence-corrected chi connectivity index (χ1v) is 26.8. The lowest BCUT2D eigenvalue weighted by molar-refractivity contribution is -0.175. The smallest absolute Gasteiger partial charge is 0.245 e. The second-order valence-corrected chi connectivity index (χ2v) is 19.9. The minimum absolute atomic E-state index is 0.0969. The average molecular weight is 1060 g/mol. The summed E-state index contributed by atoms with van der Waals surface area (Å²) in [6.45, 7) is 9.15. The molecule has 0 aliphatic carbocycles. The maximum atomic E-state index is 13.8. The number of carbonyl (C=O) groups excluding carboxylic acids is 4. The van der Waals surface area contributed by atoms with Crippen molar-refractivity contribution in [3.8, 4) is 11.5 Å². The van der Waals surface area contributed by atoms with E-state index in [2.05, 4.69) is 63.5 Å². The summed E-state index contributed by atoms with van der Waals surface area (Å²) in [7, 11) is 3.22. The predicted octanol–water partition coefficient (Wildman–Crippen LogP) is 8.10. The highest BCUT2D eigenvalue weighted by Crippen LogP contribution is 2.39. The van der Waals surface area contributed by atoms with Crippen LogP contribution in [-0.2, 0) is 65.5 Å². The summed E-state index contributed by atoms with van der Waals surface area (Å²) in [4.78, 5) is 70.9. The Balaban J connectivity index is 0.000000224. The third-order valence-electron chi connectivity index (χ3n) is 14.2. The number of imidazole rings is 2. The molecule has 6 aromatic rings. The molecule has 2 unspecified atom stereocenters. The van der Waals surface area contributed by atoms with Gasteiger partial charge in [0, 0.05) is 51.3 Å². The van der Waals surface area contributed by atoms with Crippen molar-refractivity contribution >= 4 is 23.6 Å². The van der Waals surface area contributed by atoms with E-state index in [1.807, 2.05) is 65.6 Å². The van der Waals surface area contributed by atoms with Crippen LogP contribution in [-0.4, -0.2) is 119 Å². The number of methoxy groups -OCH3 is 2. The van der Waals surface area contributed by atoms with Gasteiger partial charge in [-0.1, -0.05) is 93.8 Å². The summed E-state index contributed by atoms with van der Waals surface area (Å²) < 4.78 is 36.9. The highest BCUT2D eigenvalue weighted by Gasteiger charge is 2.50. The highest BCUT2D eigenvalue weighted by atomic mass is 19.1. The van der Waals surface area contributed by atoms with E-state index in [0.29, 0.717) is 65.1 Å². The molecule has 4 amide bonds. The highest BCUT2D eigenvalue weighted by molar-refractivity contribution is 5.89. The number of hydrogen-bond acceptors (Lipinski definition) is 10. The van der Waals surface area contributed by atoms with Crippen LogP contribution in [0.25, 0.3) is 0 Å². The van der Waals surface area contributed by atoms with Crippen LogP contribution in [0, 0.1) is 12.7 Å². The summed E-state index contributed by atoms with van der Waals surface area (Å²) in [6.07, 6.45) is 14.0. The topological polar surface area (TPSA) is 193 Å². The largest absolute Gasteiger partial charge is 0.497 e. The van der Waals surface area contributed by atoms with Gasteiger partial charge < -0.3 is 49.3 Å². The van der Waals surface area contributed by atoms with E-state index in [1.165, 1.54) is 12.1 Å². The van der Waals surface area contributed by atoms with E-state index >= 15 is 0 Å². The minimum Gasteiger partial charge on any atom is -0.497 e. The van der Waals surface area contributed by atoms with Crippen molar-refractivity contribution in [3.05, 3.63) is 167 Å². The zero-order chi connectivity index (χ0) is 54.6. The van der Waals surface area contributed by atoms with Gasteiger partial charge in [-0.05, 0) is 96.8 Å². The number of halogens is 1. The Kier molecular flexibility index (Phi) is 20.9. The first-order chi connectivity index (χ1) is 37.4. The molecule has 4 aromatic carbocycles. The summed E-state index contributed by atoms with van der Waals surface area (Å²) in [6, 6.07) is 28.1. The SMILES string of the molecule is CCCCCOC1(c2ccccc2C)CN(C(=O)C(Cc2ccc(OC)cc2)NC(=O)CCc2c[nH]cn2)C1.CCCCOC1(c2ccc(F)cc2)CN(C(=O)C(Cc2ccc(OC)cc2)NC(=O)CCc2c[nH]cn2)C1. The van der Waals surface area contributed by atoms with E-state index in [4.69, 9.17) is 18.9 Å². The molecule has 4 heterocycles. The number of aryl methyl sites for hydroxylation is 3. The molecule has 0 spiro atoms. The number of unbranched alkanes of at least 4 members (excludes halogenated alkanes) is 3. The second-order valence-electron chi connectivity index (χ2n) is 19.9. The molecule has 0 bridgehead atoms. The number of amides is 4. The van der Waals surface area contributed by atoms with Crippen molar-refractivity contribution in [1.29, 1.82) is 0 Å². The number of nitrogens with one attached hydrogen (secondary N) is 4. The lowest BCUT2D eigenvalue weighted by Gasteiger charge is -2.51. The van der Waals surface area contributed by atoms with E-state index < -0.39 is 23.3 Å². The maximum absolute atomic E-state index is 13.8. The van der Waals surface area contributed by atoms with E-state index in [-0.39, 0.29) is 42.3 Å². The van der Waals surface area contributed by atoms with Crippen LogP contribution in [0.15, 0.2) is 122 Å². The normalized spacial score (nSPS) is 14.9. The van der Waals surface area contributed by atoms with Gasteiger partial charge in [-0.2, -0.15) is 0 Å². The molecule has 410 valence electrons. The molecule has 2 fully saturated rings. The third kappa shape index (κ3) is 15.9. The number of aromatic nitrogens is 4. The van der Waals surface area contributed by atoms with Gasteiger partial charge >= 0.3 is 0 Å². The van der Waals surface area contributed by atoms with Gasteiger partial charge in [0.05, 0.1) is 64.4 Å². The molecule has 17 heteroatoms. The van der Waals surface area contributed by atoms with E-state index in [1.54, 1.807) is 56.3 Å². The van der Waals surface area contributed by atoms with Crippen LogP contribution in [0.4, 0.5) is 4.39 Å². The maximum Gasteiger partial charge on any atom is 0.245 e. The van der Waals surface area contributed by atoms with Crippen molar-refractivity contribution in [2.24, 2.45) is 0 Å². The van der Waals surface area contributed by atoms with Crippen LogP contribution < -0.4 is 20.1 Å². The number of hydrogen-bond donors (Lipinski definition) is 4. The summed E-state index contributed by atoms with van der Waals surface area (Å²) in [5, 5.41) is 5.95. The standard InChI is InChI=1S/C31H40N4O4.C29H35FN4O4/c1-4-5-8-17-39-31(27-10-7-6-9-23(27)2)20-35(21-31)30(37)28(18-24-11-14-26(38-3)15-12-24)34-29(36)16-13-25-19-32-22-33-25;1-3-4-15-38-29(22-7-9-23(30)10-8-22)18-34(19-29)28(36)26(16-21-5-12-25(37-2)13-6-21)33-27(35)14-11-24-17-31-20-32-24/h6-7,9-12,14-15,19,22,28H,4-5,8,13,16-18,20-21H2,1-3H3,(H,32,33)(H,34,36);5-10,12-13,17,20,26H,3-4,11,14-16,18-19H2,1-2H3,(H,31,32)(H,33,35). The van der Waals surface area contributed by atoms with Gasteiger partial charge in [0.2, 0.25) is 23.6 Å². The monoisotopic (exact) mass is 1050 g/mol. The van der Waals surface area contributed by atoms with Crippen LogP contribution in [0.3, 0.4) is 0 Å². The fraction of sp³-hybridized carbons (Fsp3) is 0.433. The summed E-state index contributed by atoms with van der Waals surface area (Å²) in [5.41, 5.74) is 5.36. The van der Waals surface area contributed by atoms with E-state index in [0.717, 1.165) is 82.8 Å². The predicted molar refractivity (Wildman–Crippen MR) is 292 cm³/mol. The van der Waals surface area contributed by atoms with Gasteiger partial charge in [-0.15, -0.1) is 0 Å². The Morgan fingerprint density at radius 1 is 0.623 bits per heavy atom. The Bertz CT molecular complexity index is 2760.